The average Bonchev–Trinajstić information content (AvgIpc) is 3.03. The molecule has 0 N–H and O–H groups in total. The van der Waals surface area contributed by atoms with E-state index >= 15 is 0 Å². The number of halogens is 1. The summed E-state index contributed by atoms with van der Waals surface area (Å²) in [7, 11) is 1.57. The van der Waals surface area contributed by atoms with Crippen molar-refractivity contribution in [1.82, 2.24) is 14.5 Å². The molecule has 0 aromatic carbocycles. The number of hydrogen-bond donors (Lipinski definition) is 0. The van der Waals surface area contributed by atoms with Gasteiger partial charge in [0.05, 0.1) is 12.0 Å². The molecule has 1 unspecified atom stereocenters. The standard InChI is InChI=1S/C16H17ClN4O4S/c1-4-25-15(23)10-6-21(16-20(8-24-3)7-18-26-16)14-12(13(10)22)9(2)5-11(17)19-14/h5-7,16H,4,8H2,1-3H3. The number of esters is 1. The zero-order valence-corrected chi connectivity index (χ0v) is 16.0. The van der Waals surface area contributed by atoms with E-state index in [0.29, 0.717) is 16.6 Å². The maximum atomic E-state index is 12.9. The van der Waals surface area contributed by atoms with Crippen molar-refractivity contribution in [2.24, 2.45) is 4.40 Å². The van der Waals surface area contributed by atoms with Gasteiger partial charge in [-0.3, -0.25) is 9.36 Å². The number of rotatable bonds is 5. The maximum Gasteiger partial charge on any atom is 0.343 e. The summed E-state index contributed by atoms with van der Waals surface area (Å²) in [6.45, 7) is 3.89. The van der Waals surface area contributed by atoms with Crippen LogP contribution in [-0.4, -0.2) is 47.2 Å². The van der Waals surface area contributed by atoms with Crippen molar-refractivity contribution in [3.63, 3.8) is 0 Å². The van der Waals surface area contributed by atoms with Gasteiger partial charge in [0.15, 0.2) is 5.50 Å². The Bertz CT molecular complexity index is 946. The second-order valence-electron chi connectivity index (χ2n) is 5.54. The molecule has 26 heavy (non-hydrogen) atoms. The molecule has 0 fully saturated rings. The number of carbonyl (C=O) groups is 1. The predicted octanol–water partition coefficient (Wildman–Crippen LogP) is 2.59. The van der Waals surface area contributed by atoms with E-state index in [9.17, 15) is 9.59 Å². The van der Waals surface area contributed by atoms with Crippen LogP contribution in [0.4, 0.5) is 0 Å². The summed E-state index contributed by atoms with van der Waals surface area (Å²) in [6, 6.07) is 1.59. The molecule has 0 saturated heterocycles. The van der Waals surface area contributed by atoms with Gasteiger partial charge in [-0.2, -0.15) is 0 Å². The number of aromatic nitrogens is 2. The fraction of sp³-hybridized carbons (Fsp3) is 0.375. The molecule has 2 aromatic heterocycles. The molecule has 3 heterocycles. The maximum absolute atomic E-state index is 12.9. The first-order chi connectivity index (χ1) is 12.5. The molecule has 1 aliphatic rings. The van der Waals surface area contributed by atoms with Gasteiger partial charge in [-0.25, -0.2) is 14.2 Å². The number of fused-ring (bicyclic) bond motifs is 1. The topological polar surface area (TPSA) is 86.0 Å². The Kier molecular flexibility index (Phi) is 5.49. The number of ether oxygens (including phenoxy) is 2. The highest BCUT2D eigenvalue weighted by Gasteiger charge is 2.28. The van der Waals surface area contributed by atoms with E-state index in [-0.39, 0.29) is 29.6 Å². The third kappa shape index (κ3) is 3.29. The van der Waals surface area contributed by atoms with Gasteiger partial charge < -0.3 is 14.4 Å². The molecule has 0 spiro atoms. The number of pyridine rings is 2. The summed E-state index contributed by atoms with van der Waals surface area (Å²) in [5.74, 6) is -0.676. The van der Waals surface area contributed by atoms with Crippen LogP contribution in [0.3, 0.4) is 0 Å². The molecular weight excluding hydrogens is 380 g/mol. The van der Waals surface area contributed by atoms with Crippen molar-refractivity contribution in [1.29, 1.82) is 0 Å². The molecule has 3 rings (SSSR count). The molecule has 0 saturated carbocycles. The van der Waals surface area contributed by atoms with Crippen molar-refractivity contribution in [3.8, 4) is 0 Å². The number of aryl methyl sites for hydroxylation is 1. The Hall–Kier alpha value is -2.10. The zero-order valence-electron chi connectivity index (χ0n) is 14.4. The van der Waals surface area contributed by atoms with E-state index in [1.165, 1.54) is 18.1 Å². The SMILES string of the molecule is CCOC(=O)c1cn(C2SN=CN2COC)c2nc(Cl)cc(C)c2c1=O. The second-order valence-corrected chi connectivity index (χ2v) is 6.78. The minimum atomic E-state index is -0.676. The summed E-state index contributed by atoms with van der Waals surface area (Å²) < 4.78 is 16.1. The molecule has 1 aliphatic heterocycles. The minimum Gasteiger partial charge on any atom is -0.462 e. The smallest absolute Gasteiger partial charge is 0.343 e. The van der Waals surface area contributed by atoms with Gasteiger partial charge in [-0.15, -0.1) is 0 Å². The lowest BCUT2D eigenvalue weighted by Gasteiger charge is -2.26. The molecule has 0 radical (unpaired) electrons. The lowest BCUT2D eigenvalue weighted by atomic mass is 10.1. The van der Waals surface area contributed by atoms with Crippen molar-refractivity contribution in [3.05, 3.63) is 38.8 Å². The second kappa shape index (κ2) is 7.65. The molecule has 2 aromatic rings. The number of hydrogen-bond acceptors (Lipinski definition) is 8. The van der Waals surface area contributed by atoms with Gasteiger partial charge in [0.1, 0.15) is 29.4 Å². The van der Waals surface area contributed by atoms with E-state index in [1.807, 2.05) is 0 Å². The fourth-order valence-electron chi connectivity index (χ4n) is 2.72. The monoisotopic (exact) mass is 396 g/mol. The van der Waals surface area contributed by atoms with Crippen LogP contribution in [0.25, 0.3) is 11.0 Å². The Morgan fingerprint density at radius 1 is 1.46 bits per heavy atom. The number of carbonyl (C=O) groups excluding carboxylic acids is 1. The van der Waals surface area contributed by atoms with Gasteiger partial charge in [0, 0.05) is 25.3 Å². The van der Waals surface area contributed by atoms with E-state index in [2.05, 4.69) is 9.38 Å². The third-order valence-electron chi connectivity index (χ3n) is 3.80. The average molecular weight is 397 g/mol. The van der Waals surface area contributed by atoms with Crippen molar-refractivity contribution < 1.29 is 14.3 Å². The predicted molar refractivity (Wildman–Crippen MR) is 101 cm³/mol. The Balaban J connectivity index is 2.28. The van der Waals surface area contributed by atoms with E-state index in [0.717, 1.165) is 0 Å². The number of methoxy groups -OCH3 is 1. The quantitative estimate of drug-likeness (QED) is 0.436. The van der Waals surface area contributed by atoms with Gasteiger partial charge >= 0.3 is 5.97 Å². The highest BCUT2D eigenvalue weighted by atomic mass is 35.5. The third-order valence-corrected chi connectivity index (χ3v) is 4.89. The Morgan fingerprint density at radius 3 is 2.92 bits per heavy atom. The lowest BCUT2D eigenvalue weighted by molar-refractivity contribution is 0.0523. The summed E-state index contributed by atoms with van der Waals surface area (Å²) >= 11 is 7.36. The highest BCUT2D eigenvalue weighted by Crippen LogP contribution is 2.34. The first-order valence-corrected chi connectivity index (χ1v) is 9.02. The van der Waals surface area contributed by atoms with Crippen LogP contribution in [0, 0.1) is 6.92 Å². The normalized spacial score (nSPS) is 16.5. The van der Waals surface area contributed by atoms with Gasteiger partial charge in [0.2, 0.25) is 5.43 Å². The largest absolute Gasteiger partial charge is 0.462 e. The molecule has 0 bridgehead atoms. The molecule has 138 valence electrons. The molecule has 0 aliphatic carbocycles. The van der Waals surface area contributed by atoms with Crippen LogP contribution in [0.5, 0.6) is 0 Å². The van der Waals surface area contributed by atoms with E-state index < -0.39 is 11.4 Å². The Morgan fingerprint density at radius 2 is 2.23 bits per heavy atom. The lowest BCUT2D eigenvalue weighted by Crippen LogP contribution is -2.31. The van der Waals surface area contributed by atoms with Crippen molar-refractivity contribution in [2.75, 3.05) is 20.4 Å². The summed E-state index contributed by atoms with van der Waals surface area (Å²) in [6.07, 6.45) is 3.07. The van der Waals surface area contributed by atoms with Gasteiger partial charge in [-0.05, 0) is 25.5 Å². The zero-order chi connectivity index (χ0) is 18.8. The molecule has 1 atom stereocenters. The molecular formula is C16H17ClN4O4S. The van der Waals surface area contributed by atoms with E-state index in [4.69, 9.17) is 21.1 Å². The van der Waals surface area contributed by atoms with Crippen LogP contribution in [-0.2, 0) is 9.47 Å². The van der Waals surface area contributed by atoms with Crippen LogP contribution in [0.2, 0.25) is 5.15 Å². The highest BCUT2D eigenvalue weighted by molar-refractivity contribution is 7.98. The van der Waals surface area contributed by atoms with Gasteiger partial charge in [0.25, 0.3) is 0 Å². The van der Waals surface area contributed by atoms with Crippen LogP contribution >= 0.6 is 23.5 Å². The summed E-state index contributed by atoms with van der Waals surface area (Å²) in [5, 5.41) is 0.582. The number of nitrogens with zero attached hydrogens (tertiary/aromatic N) is 4. The molecule has 8 nitrogen and oxygen atoms in total. The molecule has 10 heteroatoms. The summed E-state index contributed by atoms with van der Waals surface area (Å²) in [4.78, 5) is 31.3. The minimum absolute atomic E-state index is 0.0589. The van der Waals surface area contributed by atoms with Crippen LogP contribution in [0.15, 0.2) is 21.5 Å². The van der Waals surface area contributed by atoms with E-state index in [1.54, 1.807) is 42.8 Å². The molecule has 0 amide bonds. The van der Waals surface area contributed by atoms with Crippen molar-refractivity contribution >= 4 is 46.9 Å². The first kappa shape index (κ1) is 18.7. The summed E-state index contributed by atoms with van der Waals surface area (Å²) in [5.41, 5.74) is 0.135. The van der Waals surface area contributed by atoms with Crippen molar-refractivity contribution in [2.45, 2.75) is 19.3 Å². The Labute approximate surface area is 158 Å². The fourth-order valence-corrected chi connectivity index (χ4v) is 3.74. The first-order valence-electron chi connectivity index (χ1n) is 7.81. The van der Waals surface area contributed by atoms with Crippen LogP contribution in [0.1, 0.15) is 28.3 Å². The van der Waals surface area contributed by atoms with Crippen LogP contribution < -0.4 is 5.43 Å². The van der Waals surface area contributed by atoms with Gasteiger partial charge in [-0.1, -0.05) is 11.6 Å².